The fraction of sp³-hybridized carbons (Fsp3) is 0.529. The van der Waals surface area contributed by atoms with Crippen molar-refractivity contribution in [2.75, 3.05) is 7.11 Å². The first kappa shape index (κ1) is 15.5. The van der Waals surface area contributed by atoms with Crippen LogP contribution in [0.5, 0.6) is 0 Å². The summed E-state index contributed by atoms with van der Waals surface area (Å²) in [5, 5.41) is 3.08. The molecule has 1 aliphatic rings. The van der Waals surface area contributed by atoms with Crippen LogP contribution < -0.4 is 5.32 Å². The van der Waals surface area contributed by atoms with Gasteiger partial charge in [0.2, 0.25) is 5.91 Å². The topological polar surface area (TPSA) is 55.4 Å². The number of benzene rings is 1. The maximum absolute atomic E-state index is 11.9. The van der Waals surface area contributed by atoms with Gasteiger partial charge in [0.1, 0.15) is 0 Å². The Labute approximate surface area is 125 Å². The third-order valence-electron chi connectivity index (χ3n) is 4.13. The summed E-state index contributed by atoms with van der Waals surface area (Å²) < 4.78 is 4.55. The Bertz CT molecular complexity index is 472. The summed E-state index contributed by atoms with van der Waals surface area (Å²) in [6, 6.07) is 10.6. The predicted molar refractivity (Wildman–Crippen MR) is 80.7 cm³/mol. The van der Waals surface area contributed by atoms with E-state index >= 15 is 0 Å². The Morgan fingerprint density at radius 1 is 1.19 bits per heavy atom. The van der Waals surface area contributed by atoms with Crippen LogP contribution in [0.1, 0.15) is 37.7 Å². The van der Waals surface area contributed by atoms with Crippen molar-refractivity contribution in [1.82, 2.24) is 5.32 Å². The molecule has 0 spiro atoms. The normalized spacial score (nSPS) is 21.0. The number of esters is 1. The highest BCUT2D eigenvalue weighted by molar-refractivity contribution is 5.81. The van der Waals surface area contributed by atoms with Crippen molar-refractivity contribution < 1.29 is 14.3 Å². The van der Waals surface area contributed by atoms with Crippen LogP contribution in [0, 0.1) is 5.92 Å². The van der Waals surface area contributed by atoms with Gasteiger partial charge in [-0.1, -0.05) is 36.8 Å². The lowest BCUT2D eigenvalue weighted by Gasteiger charge is -2.21. The second kappa shape index (κ2) is 7.81. The van der Waals surface area contributed by atoms with Gasteiger partial charge in [-0.25, -0.2) is 0 Å². The van der Waals surface area contributed by atoms with Crippen LogP contribution in [0.2, 0.25) is 0 Å². The largest absolute Gasteiger partial charge is 0.469 e. The molecular formula is C17H23NO3. The molecule has 1 N–H and O–H groups in total. The number of carbonyl (C=O) groups is 2. The number of hydrogen-bond donors (Lipinski definition) is 1. The maximum atomic E-state index is 11.9. The molecule has 1 saturated carbocycles. The number of hydrogen-bond acceptors (Lipinski definition) is 3. The Kier molecular flexibility index (Phi) is 5.78. The maximum Gasteiger partial charge on any atom is 0.306 e. The van der Waals surface area contributed by atoms with Crippen molar-refractivity contribution in [3.05, 3.63) is 35.9 Å². The van der Waals surface area contributed by atoms with E-state index in [0.717, 1.165) is 25.7 Å². The fourth-order valence-corrected chi connectivity index (χ4v) is 2.98. The quantitative estimate of drug-likeness (QED) is 0.819. The van der Waals surface area contributed by atoms with E-state index < -0.39 is 0 Å². The highest BCUT2D eigenvalue weighted by atomic mass is 16.5. The molecule has 2 rings (SSSR count). The molecule has 4 heteroatoms. The van der Waals surface area contributed by atoms with E-state index in [-0.39, 0.29) is 30.8 Å². The van der Waals surface area contributed by atoms with E-state index in [1.54, 1.807) is 0 Å². The van der Waals surface area contributed by atoms with E-state index in [0.29, 0.717) is 5.92 Å². The van der Waals surface area contributed by atoms with Crippen LogP contribution in [-0.4, -0.2) is 25.0 Å². The average Bonchev–Trinajstić information content (AvgIpc) is 2.93. The Morgan fingerprint density at radius 2 is 1.95 bits per heavy atom. The number of ether oxygens (including phenoxy) is 1. The molecule has 0 heterocycles. The highest BCUT2D eigenvalue weighted by Crippen LogP contribution is 2.28. The first-order valence-electron chi connectivity index (χ1n) is 7.59. The van der Waals surface area contributed by atoms with E-state index in [4.69, 9.17) is 0 Å². The average molecular weight is 289 g/mol. The zero-order valence-corrected chi connectivity index (χ0v) is 12.5. The molecule has 0 aromatic heterocycles. The summed E-state index contributed by atoms with van der Waals surface area (Å²) in [6.45, 7) is 0. The number of amides is 1. The van der Waals surface area contributed by atoms with Gasteiger partial charge in [0.15, 0.2) is 0 Å². The lowest BCUT2D eigenvalue weighted by atomic mass is 9.94. The van der Waals surface area contributed by atoms with E-state index in [1.807, 2.05) is 18.2 Å². The van der Waals surface area contributed by atoms with Gasteiger partial charge in [0, 0.05) is 12.5 Å². The molecule has 0 aliphatic heterocycles. The van der Waals surface area contributed by atoms with Gasteiger partial charge in [0.05, 0.1) is 13.5 Å². The lowest BCUT2D eigenvalue weighted by Crippen LogP contribution is -2.38. The standard InChI is InChI=1S/C17H23NO3/c1-21-17(20)11-10-16(19)18-15-9-5-8-14(15)12-13-6-3-2-4-7-13/h2-4,6-7,14-15H,5,8-12H2,1H3,(H,18,19)/t14-,15+/m1/s1. The van der Waals surface area contributed by atoms with Gasteiger partial charge in [0.25, 0.3) is 0 Å². The summed E-state index contributed by atoms with van der Waals surface area (Å²) in [7, 11) is 1.34. The van der Waals surface area contributed by atoms with Crippen LogP contribution in [0.25, 0.3) is 0 Å². The molecule has 0 bridgehead atoms. The molecule has 0 radical (unpaired) electrons. The zero-order chi connectivity index (χ0) is 15.1. The van der Waals surface area contributed by atoms with Gasteiger partial charge in [-0.15, -0.1) is 0 Å². The van der Waals surface area contributed by atoms with Crippen molar-refractivity contribution in [2.45, 2.75) is 44.6 Å². The smallest absolute Gasteiger partial charge is 0.306 e. The molecule has 2 atom stereocenters. The van der Waals surface area contributed by atoms with E-state index in [1.165, 1.54) is 12.7 Å². The number of methoxy groups -OCH3 is 1. The Hall–Kier alpha value is -1.84. The lowest BCUT2D eigenvalue weighted by molar-refractivity contribution is -0.142. The molecule has 0 unspecified atom stereocenters. The molecule has 1 aromatic carbocycles. The minimum absolute atomic E-state index is 0.0506. The Morgan fingerprint density at radius 3 is 2.67 bits per heavy atom. The highest BCUT2D eigenvalue weighted by Gasteiger charge is 2.28. The van der Waals surface area contributed by atoms with Gasteiger partial charge >= 0.3 is 5.97 Å². The van der Waals surface area contributed by atoms with Gasteiger partial charge < -0.3 is 10.1 Å². The third kappa shape index (κ3) is 4.88. The Balaban J connectivity index is 1.81. The monoisotopic (exact) mass is 289 g/mol. The molecule has 1 aromatic rings. The predicted octanol–water partition coefficient (Wildman–Crippen LogP) is 2.47. The SMILES string of the molecule is COC(=O)CCC(=O)N[C@H]1CCC[C@@H]1Cc1ccccc1. The molecule has 1 fully saturated rings. The molecule has 1 amide bonds. The third-order valence-corrected chi connectivity index (χ3v) is 4.13. The van der Waals surface area contributed by atoms with Crippen molar-refractivity contribution >= 4 is 11.9 Å². The molecular weight excluding hydrogens is 266 g/mol. The summed E-state index contributed by atoms with van der Waals surface area (Å²) in [6.07, 6.45) is 4.69. The second-order valence-electron chi connectivity index (χ2n) is 5.63. The summed E-state index contributed by atoms with van der Waals surface area (Å²) in [5.74, 6) is 0.109. The molecule has 0 saturated heterocycles. The number of rotatable bonds is 6. The summed E-state index contributed by atoms with van der Waals surface area (Å²) >= 11 is 0. The minimum Gasteiger partial charge on any atom is -0.469 e. The zero-order valence-electron chi connectivity index (χ0n) is 12.5. The van der Waals surface area contributed by atoms with Crippen molar-refractivity contribution in [3.63, 3.8) is 0 Å². The fourth-order valence-electron chi connectivity index (χ4n) is 2.98. The van der Waals surface area contributed by atoms with E-state index in [2.05, 4.69) is 22.2 Å². The number of nitrogens with one attached hydrogen (secondary N) is 1. The molecule has 21 heavy (non-hydrogen) atoms. The van der Waals surface area contributed by atoms with E-state index in [9.17, 15) is 9.59 Å². The number of carbonyl (C=O) groups excluding carboxylic acids is 2. The van der Waals surface area contributed by atoms with Crippen molar-refractivity contribution in [3.8, 4) is 0 Å². The minimum atomic E-state index is -0.336. The van der Waals surface area contributed by atoms with Crippen LogP contribution in [0.4, 0.5) is 0 Å². The van der Waals surface area contributed by atoms with Gasteiger partial charge in [-0.05, 0) is 30.7 Å². The molecule has 1 aliphatic carbocycles. The van der Waals surface area contributed by atoms with Crippen LogP contribution in [0.3, 0.4) is 0 Å². The summed E-state index contributed by atoms with van der Waals surface area (Å²) in [5.41, 5.74) is 1.32. The first-order valence-corrected chi connectivity index (χ1v) is 7.59. The van der Waals surface area contributed by atoms with Crippen LogP contribution >= 0.6 is 0 Å². The molecule has 4 nitrogen and oxygen atoms in total. The second-order valence-corrected chi connectivity index (χ2v) is 5.63. The van der Waals surface area contributed by atoms with Gasteiger partial charge in [-0.2, -0.15) is 0 Å². The van der Waals surface area contributed by atoms with Crippen molar-refractivity contribution in [2.24, 2.45) is 5.92 Å². The summed E-state index contributed by atoms with van der Waals surface area (Å²) in [4.78, 5) is 23.0. The van der Waals surface area contributed by atoms with Crippen molar-refractivity contribution in [1.29, 1.82) is 0 Å². The molecule has 114 valence electrons. The van der Waals surface area contributed by atoms with Gasteiger partial charge in [-0.3, -0.25) is 9.59 Å². The van der Waals surface area contributed by atoms with Crippen LogP contribution in [-0.2, 0) is 20.7 Å². The first-order chi connectivity index (χ1) is 10.2. The van der Waals surface area contributed by atoms with Crippen LogP contribution in [0.15, 0.2) is 30.3 Å².